The summed E-state index contributed by atoms with van der Waals surface area (Å²) in [4.78, 5) is 0. The van der Waals surface area contributed by atoms with Crippen molar-refractivity contribution >= 4 is 33.2 Å². The molecule has 0 heterocycles. The molecule has 0 aliphatic rings. The number of hydrogen-bond acceptors (Lipinski definition) is 2. The SMILES string of the molecule is COc1cc(NC(C)c2ccc(F)c(Br)c2)ccc1Cl. The molecule has 0 saturated heterocycles. The van der Waals surface area contributed by atoms with Gasteiger partial charge in [0.05, 0.1) is 16.6 Å². The summed E-state index contributed by atoms with van der Waals surface area (Å²) in [5.41, 5.74) is 1.87. The van der Waals surface area contributed by atoms with Crippen molar-refractivity contribution < 1.29 is 9.13 Å². The first kappa shape index (κ1) is 15.1. The van der Waals surface area contributed by atoms with E-state index in [1.807, 2.05) is 19.1 Å². The smallest absolute Gasteiger partial charge is 0.139 e. The zero-order valence-electron chi connectivity index (χ0n) is 11.1. The van der Waals surface area contributed by atoms with Crippen LogP contribution in [-0.4, -0.2) is 7.11 Å². The van der Waals surface area contributed by atoms with Crippen molar-refractivity contribution in [1.29, 1.82) is 0 Å². The van der Waals surface area contributed by atoms with Gasteiger partial charge in [0.1, 0.15) is 11.6 Å². The Labute approximate surface area is 131 Å². The zero-order chi connectivity index (χ0) is 14.7. The van der Waals surface area contributed by atoms with Crippen molar-refractivity contribution in [3.05, 3.63) is 57.3 Å². The number of nitrogens with one attached hydrogen (secondary N) is 1. The first-order valence-electron chi connectivity index (χ1n) is 6.06. The van der Waals surface area contributed by atoms with Gasteiger partial charge in [0, 0.05) is 17.8 Å². The van der Waals surface area contributed by atoms with E-state index in [0.717, 1.165) is 11.3 Å². The summed E-state index contributed by atoms with van der Waals surface area (Å²) in [5.74, 6) is 0.346. The Hall–Kier alpha value is -1.26. The third kappa shape index (κ3) is 3.44. The molecule has 0 aliphatic heterocycles. The van der Waals surface area contributed by atoms with Crippen LogP contribution in [0.1, 0.15) is 18.5 Å². The summed E-state index contributed by atoms with van der Waals surface area (Å²) in [5, 5.41) is 3.89. The lowest BCUT2D eigenvalue weighted by molar-refractivity contribution is 0.415. The average molecular weight is 359 g/mol. The number of anilines is 1. The van der Waals surface area contributed by atoms with Crippen LogP contribution in [0.3, 0.4) is 0 Å². The molecule has 20 heavy (non-hydrogen) atoms. The lowest BCUT2D eigenvalue weighted by atomic mass is 10.1. The molecule has 5 heteroatoms. The van der Waals surface area contributed by atoms with E-state index in [2.05, 4.69) is 21.2 Å². The molecule has 1 N–H and O–H groups in total. The second kappa shape index (κ2) is 6.46. The Morgan fingerprint density at radius 2 is 2.00 bits per heavy atom. The average Bonchev–Trinajstić information content (AvgIpc) is 2.43. The van der Waals surface area contributed by atoms with Crippen molar-refractivity contribution in [3.63, 3.8) is 0 Å². The lowest BCUT2D eigenvalue weighted by Crippen LogP contribution is -2.07. The molecule has 0 fully saturated rings. The van der Waals surface area contributed by atoms with E-state index in [1.165, 1.54) is 6.07 Å². The number of benzene rings is 2. The quantitative estimate of drug-likeness (QED) is 0.787. The Kier molecular flexibility index (Phi) is 4.89. The van der Waals surface area contributed by atoms with E-state index in [-0.39, 0.29) is 11.9 Å². The van der Waals surface area contributed by atoms with Gasteiger partial charge in [-0.1, -0.05) is 17.7 Å². The molecule has 1 unspecified atom stereocenters. The van der Waals surface area contributed by atoms with Crippen molar-refractivity contribution in [2.75, 3.05) is 12.4 Å². The summed E-state index contributed by atoms with van der Waals surface area (Å²) < 4.78 is 18.9. The van der Waals surface area contributed by atoms with Gasteiger partial charge in [-0.05, 0) is 52.7 Å². The van der Waals surface area contributed by atoms with Crippen molar-refractivity contribution in [3.8, 4) is 5.75 Å². The van der Waals surface area contributed by atoms with E-state index in [1.54, 1.807) is 25.3 Å². The molecule has 1 atom stereocenters. The molecule has 2 aromatic rings. The third-order valence-corrected chi connectivity index (χ3v) is 3.90. The van der Waals surface area contributed by atoms with E-state index < -0.39 is 0 Å². The maximum Gasteiger partial charge on any atom is 0.139 e. The summed E-state index contributed by atoms with van der Waals surface area (Å²) in [6.45, 7) is 2.00. The fourth-order valence-corrected chi connectivity index (χ4v) is 2.46. The second-order valence-electron chi connectivity index (χ2n) is 4.39. The zero-order valence-corrected chi connectivity index (χ0v) is 13.4. The molecule has 106 valence electrons. The Morgan fingerprint density at radius 1 is 1.25 bits per heavy atom. The maximum absolute atomic E-state index is 13.2. The van der Waals surface area contributed by atoms with Crippen LogP contribution in [0.4, 0.5) is 10.1 Å². The van der Waals surface area contributed by atoms with Gasteiger partial charge in [0.25, 0.3) is 0 Å². The van der Waals surface area contributed by atoms with E-state index in [9.17, 15) is 4.39 Å². The monoisotopic (exact) mass is 357 g/mol. The number of hydrogen-bond donors (Lipinski definition) is 1. The summed E-state index contributed by atoms with van der Waals surface area (Å²) in [6.07, 6.45) is 0. The van der Waals surface area contributed by atoms with Crippen LogP contribution in [-0.2, 0) is 0 Å². The van der Waals surface area contributed by atoms with Crippen LogP contribution in [0.15, 0.2) is 40.9 Å². The Morgan fingerprint density at radius 3 is 2.65 bits per heavy atom. The van der Waals surface area contributed by atoms with Crippen LogP contribution in [0.2, 0.25) is 5.02 Å². The second-order valence-corrected chi connectivity index (χ2v) is 5.65. The maximum atomic E-state index is 13.2. The predicted octanol–water partition coefficient (Wildman–Crippen LogP) is 5.42. The van der Waals surface area contributed by atoms with Gasteiger partial charge in [0.2, 0.25) is 0 Å². The number of rotatable bonds is 4. The van der Waals surface area contributed by atoms with Gasteiger partial charge in [-0.2, -0.15) is 0 Å². The normalized spacial score (nSPS) is 12.1. The largest absolute Gasteiger partial charge is 0.495 e. The van der Waals surface area contributed by atoms with E-state index in [4.69, 9.17) is 16.3 Å². The van der Waals surface area contributed by atoms with Gasteiger partial charge in [0.15, 0.2) is 0 Å². The molecule has 0 saturated carbocycles. The molecule has 2 aromatic carbocycles. The van der Waals surface area contributed by atoms with Crippen molar-refractivity contribution in [2.45, 2.75) is 13.0 Å². The highest BCUT2D eigenvalue weighted by Gasteiger charge is 2.09. The van der Waals surface area contributed by atoms with Crippen LogP contribution >= 0.6 is 27.5 Å². The fraction of sp³-hybridized carbons (Fsp3) is 0.200. The highest BCUT2D eigenvalue weighted by atomic mass is 79.9. The minimum absolute atomic E-state index is 0.0257. The van der Waals surface area contributed by atoms with Gasteiger partial charge < -0.3 is 10.1 Å². The number of ether oxygens (including phenoxy) is 1. The van der Waals surface area contributed by atoms with Gasteiger partial charge in [-0.25, -0.2) is 4.39 Å². The van der Waals surface area contributed by atoms with Gasteiger partial charge >= 0.3 is 0 Å². The standard InChI is InChI=1S/C15H14BrClFNO/c1-9(10-3-6-14(18)12(16)7-10)19-11-4-5-13(17)15(8-11)20-2/h3-9,19H,1-2H3. The van der Waals surface area contributed by atoms with Gasteiger partial charge in [-0.3, -0.25) is 0 Å². The third-order valence-electron chi connectivity index (χ3n) is 2.98. The van der Waals surface area contributed by atoms with E-state index in [0.29, 0.717) is 15.2 Å². The summed E-state index contributed by atoms with van der Waals surface area (Å²) in [6, 6.07) is 10.5. The number of methoxy groups -OCH3 is 1. The first-order chi connectivity index (χ1) is 9.51. The fourth-order valence-electron chi connectivity index (χ4n) is 1.86. The molecule has 0 aromatic heterocycles. The minimum Gasteiger partial charge on any atom is -0.495 e. The van der Waals surface area contributed by atoms with Crippen LogP contribution in [0.5, 0.6) is 5.75 Å². The van der Waals surface area contributed by atoms with Crippen molar-refractivity contribution in [2.24, 2.45) is 0 Å². The van der Waals surface area contributed by atoms with E-state index >= 15 is 0 Å². The molecule has 2 nitrogen and oxygen atoms in total. The highest BCUT2D eigenvalue weighted by molar-refractivity contribution is 9.10. The molecule has 0 amide bonds. The van der Waals surface area contributed by atoms with Crippen LogP contribution in [0.25, 0.3) is 0 Å². The first-order valence-corrected chi connectivity index (χ1v) is 7.23. The molecular weight excluding hydrogens is 345 g/mol. The minimum atomic E-state index is -0.269. The summed E-state index contributed by atoms with van der Waals surface area (Å²) in [7, 11) is 1.57. The Bertz CT molecular complexity index is 621. The van der Waals surface area contributed by atoms with Crippen LogP contribution in [0, 0.1) is 5.82 Å². The molecule has 0 aliphatic carbocycles. The van der Waals surface area contributed by atoms with Crippen molar-refractivity contribution in [1.82, 2.24) is 0 Å². The van der Waals surface area contributed by atoms with Crippen LogP contribution < -0.4 is 10.1 Å². The molecular formula is C15H14BrClFNO. The Balaban J connectivity index is 2.18. The number of halogens is 3. The molecule has 2 rings (SSSR count). The highest BCUT2D eigenvalue weighted by Crippen LogP contribution is 2.30. The lowest BCUT2D eigenvalue weighted by Gasteiger charge is -2.17. The molecule has 0 bridgehead atoms. The predicted molar refractivity (Wildman–Crippen MR) is 84.1 cm³/mol. The topological polar surface area (TPSA) is 21.3 Å². The molecule has 0 radical (unpaired) electrons. The molecule has 0 spiro atoms. The summed E-state index contributed by atoms with van der Waals surface area (Å²) >= 11 is 9.18. The van der Waals surface area contributed by atoms with Gasteiger partial charge in [-0.15, -0.1) is 0 Å².